The molecule has 8 aliphatic rings. The average molecular weight is 338 g/mol. The molecule has 6 heteroatoms. The van der Waals surface area contributed by atoms with Gasteiger partial charge in [0.2, 0.25) is 0 Å². The number of aliphatic hydroxyl groups is 1. The Bertz CT molecular complexity index is 530. The topological polar surface area (TPSA) is 74.2 Å². The Morgan fingerprint density at radius 3 is 1.83 bits per heavy atom. The Labute approximate surface area is 141 Å². The molecule has 0 saturated carbocycles. The van der Waals surface area contributed by atoms with Gasteiger partial charge in [0.15, 0.2) is 5.78 Å². The summed E-state index contributed by atoms with van der Waals surface area (Å²) in [5, 5.41) is 9.74. The molecule has 2 unspecified atom stereocenters. The van der Waals surface area contributed by atoms with Gasteiger partial charge in [-0.25, -0.2) is 0 Å². The third-order valence-electron chi connectivity index (χ3n) is 7.20. The molecule has 8 bridgehead atoms. The summed E-state index contributed by atoms with van der Waals surface area (Å²) < 4.78 is 22.7. The van der Waals surface area contributed by atoms with Crippen LogP contribution in [0, 0.1) is 23.7 Å². The van der Waals surface area contributed by atoms with Gasteiger partial charge in [-0.2, -0.15) is 0 Å². The Balaban J connectivity index is 0.000000109. The predicted octanol–water partition coefficient (Wildman–Crippen LogP) is 0.544. The van der Waals surface area contributed by atoms with Crippen LogP contribution in [-0.4, -0.2) is 65.8 Å². The lowest BCUT2D eigenvalue weighted by Crippen LogP contribution is -2.47. The van der Waals surface area contributed by atoms with Crippen molar-refractivity contribution < 1.29 is 28.8 Å². The lowest BCUT2D eigenvalue weighted by Gasteiger charge is -2.37. The van der Waals surface area contributed by atoms with Crippen LogP contribution in [0.1, 0.15) is 27.7 Å². The Hall–Kier alpha value is -0.530. The molecular formula is C18H26O6. The van der Waals surface area contributed by atoms with E-state index in [-0.39, 0.29) is 60.5 Å². The summed E-state index contributed by atoms with van der Waals surface area (Å²) in [5.74, 6) is 1.63. The molecule has 134 valence electrons. The van der Waals surface area contributed by atoms with Gasteiger partial charge in [-0.3, -0.25) is 4.79 Å². The molecule has 8 saturated heterocycles. The third-order valence-corrected chi connectivity index (χ3v) is 7.20. The molecule has 8 heterocycles. The molecule has 0 amide bonds. The second-order valence-electron chi connectivity index (χ2n) is 8.50. The molecule has 0 aromatic heterocycles. The van der Waals surface area contributed by atoms with Crippen molar-refractivity contribution in [3.8, 4) is 0 Å². The summed E-state index contributed by atoms with van der Waals surface area (Å²) in [5.41, 5.74) is 0. The minimum Gasteiger partial charge on any atom is -0.388 e. The van der Waals surface area contributed by atoms with Gasteiger partial charge in [0, 0.05) is 23.7 Å². The molecule has 0 aromatic carbocycles. The first-order valence-corrected chi connectivity index (χ1v) is 9.23. The van der Waals surface area contributed by atoms with E-state index in [2.05, 4.69) is 20.8 Å². The van der Waals surface area contributed by atoms with Gasteiger partial charge in [0.05, 0.1) is 30.5 Å². The second kappa shape index (κ2) is 5.01. The number of ketones is 1. The maximum absolute atomic E-state index is 11.5. The summed E-state index contributed by atoms with van der Waals surface area (Å²) in [6, 6.07) is 0. The van der Waals surface area contributed by atoms with Crippen LogP contribution in [0.25, 0.3) is 0 Å². The molecule has 6 nitrogen and oxygen atoms in total. The lowest BCUT2D eigenvalue weighted by atomic mass is 9.87. The first-order chi connectivity index (χ1) is 11.4. The first-order valence-electron chi connectivity index (χ1n) is 9.23. The van der Waals surface area contributed by atoms with E-state index in [4.69, 9.17) is 18.9 Å². The number of hydrogen-bond acceptors (Lipinski definition) is 6. The largest absolute Gasteiger partial charge is 0.388 e. The maximum Gasteiger partial charge on any atom is 0.193 e. The number of hydrogen-bond donors (Lipinski definition) is 1. The van der Waals surface area contributed by atoms with Crippen molar-refractivity contribution >= 4 is 5.78 Å². The monoisotopic (exact) mass is 338 g/mol. The molecule has 0 radical (unpaired) electrons. The van der Waals surface area contributed by atoms with Crippen LogP contribution in [0.15, 0.2) is 0 Å². The quantitative estimate of drug-likeness (QED) is 0.695. The number of Topliss-reactive ketones (excluding diaryl/α,β-unsaturated/α-hetero) is 1. The number of aliphatic hydroxyl groups excluding tert-OH is 1. The molecule has 0 spiro atoms. The van der Waals surface area contributed by atoms with Gasteiger partial charge < -0.3 is 24.1 Å². The van der Waals surface area contributed by atoms with Crippen LogP contribution in [0.3, 0.4) is 0 Å². The summed E-state index contributed by atoms with van der Waals surface area (Å²) in [7, 11) is 0. The fraction of sp³-hybridized carbons (Fsp3) is 0.944. The zero-order valence-corrected chi connectivity index (χ0v) is 14.5. The number of rotatable bonds is 0. The zero-order valence-electron chi connectivity index (χ0n) is 14.5. The van der Waals surface area contributed by atoms with Crippen molar-refractivity contribution in [1.29, 1.82) is 0 Å². The van der Waals surface area contributed by atoms with E-state index in [1.54, 1.807) is 0 Å². The molecular weight excluding hydrogens is 312 g/mol. The summed E-state index contributed by atoms with van der Waals surface area (Å²) in [6.45, 7) is 8.41. The number of carbonyl (C=O) groups excluding carboxylic acids is 1. The number of ether oxygens (including phenoxy) is 4. The Morgan fingerprint density at radius 1 is 0.625 bits per heavy atom. The summed E-state index contributed by atoms with van der Waals surface area (Å²) in [4.78, 5) is 11.5. The van der Waals surface area contributed by atoms with E-state index in [9.17, 15) is 9.90 Å². The average Bonchev–Trinajstić information content (AvgIpc) is 3.15. The zero-order chi connectivity index (χ0) is 16.9. The molecule has 8 aliphatic heterocycles. The highest BCUT2D eigenvalue weighted by molar-refractivity contribution is 5.91. The van der Waals surface area contributed by atoms with Crippen molar-refractivity contribution in [1.82, 2.24) is 0 Å². The molecule has 0 aromatic rings. The van der Waals surface area contributed by atoms with E-state index < -0.39 is 0 Å². The van der Waals surface area contributed by atoms with Crippen molar-refractivity contribution in [2.45, 2.75) is 82.6 Å². The fourth-order valence-electron chi connectivity index (χ4n) is 5.83. The highest BCUT2D eigenvalue weighted by atomic mass is 16.6. The molecule has 8 rings (SSSR count). The van der Waals surface area contributed by atoms with Crippen LogP contribution in [0.5, 0.6) is 0 Å². The molecule has 13 atom stereocenters. The normalized spacial score (nSPS) is 64.7. The van der Waals surface area contributed by atoms with E-state index >= 15 is 0 Å². The first kappa shape index (κ1) is 15.7. The Kier molecular flexibility index (Phi) is 3.28. The summed E-state index contributed by atoms with van der Waals surface area (Å²) in [6.07, 6.45) is 0.0296. The molecule has 24 heavy (non-hydrogen) atoms. The smallest absolute Gasteiger partial charge is 0.193 e. The number of carbonyl (C=O) groups is 1. The second-order valence-corrected chi connectivity index (χ2v) is 8.50. The highest BCUT2D eigenvalue weighted by Crippen LogP contribution is 2.50. The van der Waals surface area contributed by atoms with E-state index in [1.165, 1.54) is 0 Å². The van der Waals surface area contributed by atoms with Gasteiger partial charge in [0.1, 0.15) is 24.4 Å². The Morgan fingerprint density at radius 2 is 1.17 bits per heavy atom. The van der Waals surface area contributed by atoms with Crippen LogP contribution in [0.2, 0.25) is 0 Å². The molecule has 0 aliphatic carbocycles. The minimum absolute atomic E-state index is 0.0359. The minimum atomic E-state index is -0.383. The van der Waals surface area contributed by atoms with E-state index in [1.807, 2.05) is 6.92 Å². The van der Waals surface area contributed by atoms with Crippen molar-refractivity contribution in [3.05, 3.63) is 0 Å². The van der Waals surface area contributed by atoms with Gasteiger partial charge in [0.25, 0.3) is 0 Å². The summed E-state index contributed by atoms with van der Waals surface area (Å²) >= 11 is 0. The molecule has 1 N–H and O–H groups in total. The van der Waals surface area contributed by atoms with Gasteiger partial charge >= 0.3 is 0 Å². The van der Waals surface area contributed by atoms with Crippen molar-refractivity contribution in [3.63, 3.8) is 0 Å². The van der Waals surface area contributed by atoms with Gasteiger partial charge in [-0.15, -0.1) is 0 Å². The van der Waals surface area contributed by atoms with Gasteiger partial charge in [-0.1, -0.05) is 27.7 Å². The van der Waals surface area contributed by atoms with Crippen LogP contribution in [0.4, 0.5) is 0 Å². The maximum atomic E-state index is 11.5. The van der Waals surface area contributed by atoms with E-state index in [0.29, 0.717) is 23.9 Å². The predicted molar refractivity (Wildman–Crippen MR) is 82.3 cm³/mol. The van der Waals surface area contributed by atoms with Crippen molar-refractivity contribution in [2.75, 3.05) is 0 Å². The lowest BCUT2D eigenvalue weighted by molar-refractivity contribution is -0.151. The third kappa shape index (κ3) is 1.76. The fourth-order valence-corrected chi connectivity index (χ4v) is 5.83. The van der Waals surface area contributed by atoms with Crippen LogP contribution < -0.4 is 0 Å². The SMILES string of the molecule is C[C@@H]1C2O[C@@H]3C(=O)[C@H]1O[C@@H]3[C@H]2C.C[C@@H]1C2O[C@@H]3[C@@H](O)[C@H]1O[C@@H]3[C@H]2C. The van der Waals surface area contributed by atoms with Crippen LogP contribution >= 0.6 is 0 Å². The standard InChI is InChI=1S/C9H14O3.C9H12O3/c2*1-3-6-4(2)8-9(11-6)5(10)7(3)12-8/h3-10H,1-2H3;3-4,6-9H,1-2H3/t3-,4+,5+,6?,7+,8-,9-;3-,4+,6?,7+,8-,9-/m11/s1. The molecule has 8 fully saturated rings. The van der Waals surface area contributed by atoms with E-state index in [0.717, 1.165) is 0 Å². The van der Waals surface area contributed by atoms with Crippen molar-refractivity contribution in [2.24, 2.45) is 23.7 Å². The van der Waals surface area contributed by atoms with Gasteiger partial charge in [-0.05, 0) is 0 Å². The highest BCUT2D eigenvalue weighted by Gasteiger charge is 2.64. The van der Waals surface area contributed by atoms with Crippen LogP contribution in [-0.2, 0) is 23.7 Å².